The van der Waals surface area contributed by atoms with Gasteiger partial charge in [-0.05, 0) is 6.07 Å². The van der Waals surface area contributed by atoms with E-state index in [0.29, 0.717) is 0 Å². The minimum absolute atomic E-state index is 0.0154. The van der Waals surface area contributed by atoms with Gasteiger partial charge in [0.25, 0.3) is 0 Å². The quantitative estimate of drug-likeness (QED) is 0.735. The second kappa shape index (κ2) is 3.21. The van der Waals surface area contributed by atoms with Crippen LogP contribution >= 0.6 is 23.2 Å². The number of carbonyl (C=O) groups excluding carboxylic acids is 1. The molecule has 1 aromatic carbocycles. The third-order valence-electron chi connectivity index (χ3n) is 1.28. The van der Waals surface area contributed by atoms with Gasteiger partial charge in [-0.25, -0.2) is 0 Å². The zero-order valence-corrected chi connectivity index (χ0v) is 7.36. The van der Waals surface area contributed by atoms with Crippen molar-refractivity contribution in [3.05, 3.63) is 27.7 Å². The molecule has 1 amide bonds. The number of phenols is 1. The first-order valence-corrected chi connectivity index (χ1v) is 3.76. The lowest BCUT2D eigenvalue weighted by Gasteiger charge is -2.02. The highest BCUT2D eigenvalue weighted by Crippen LogP contribution is 2.29. The Morgan fingerprint density at radius 1 is 1.42 bits per heavy atom. The van der Waals surface area contributed by atoms with Crippen LogP contribution in [-0.2, 0) is 0 Å². The van der Waals surface area contributed by atoms with E-state index >= 15 is 0 Å². The maximum Gasteiger partial charge on any atom is 0.250 e. The Morgan fingerprint density at radius 2 is 2.00 bits per heavy atom. The highest BCUT2D eigenvalue weighted by molar-refractivity contribution is 6.44. The van der Waals surface area contributed by atoms with Gasteiger partial charge in [0.2, 0.25) is 5.91 Å². The second-order valence-electron chi connectivity index (χ2n) is 2.15. The van der Waals surface area contributed by atoms with Crippen LogP contribution in [0, 0.1) is 0 Å². The normalized spacial score (nSPS) is 9.83. The van der Waals surface area contributed by atoms with E-state index in [2.05, 4.69) is 0 Å². The Kier molecular flexibility index (Phi) is 2.45. The summed E-state index contributed by atoms with van der Waals surface area (Å²) < 4.78 is 0. The summed E-state index contributed by atoms with van der Waals surface area (Å²) in [7, 11) is 0. The molecule has 0 aliphatic carbocycles. The number of benzene rings is 1. The average molecular weight is 206 g/mol. The molecule has 64 valence electrons. The van der Waals surface area contributed by atoms with Crippen molar-refractivity contribution in [3.63, 3.8) is 0 Å². The molecule has 0 saturated carbocycles. The van der Waals surface area contributed by atoms with Gasteiger partial charge in [0, 0.05) is 6.07 Å². The monoisotopic (exact) mass is 205 g/mol. The molecule has 0 saturated heterocycles. The van der Waals surface area contributed by atoms with Crippen molar-refractivity contribution >= 4 is 29.1 Å². The molecule has 3 nitrogen and oxygen atoms in total. The van der Waals surface area contributed by atoms with Crippen molar-refractivity contribution < 1.29 is 9.90 Å². The van der Waals surface area contributed by atoms with Crippen LogP contribution in [0.25, 0.3) is 0 Å². The topological polar surface area (TPSA) is 63.3 Å². The van der Waals surface area contributed by atoms with Crippen molar-refractivity contribution in [3.8, 4) is 5.75 Å². The first kappa shape index (κ1) is 9.16. The molecule has 1 aromatic rings. The standard InChI is InChI=1S/C7H5Cl2NO2/c8-5-2-3(11)1-4(6(5)9)7(10)12/h1-2,11H,(H2,10,12). The van der Waals surface area contributed by atoms with Crippen molar-refractivity contribution in [2.24, 2.45) is 5.73 Å². The minimum atomic E-state index is -0.724. The molecule has 1 rings (SSSR count). The lowest BCUT2D eigenvalue weighted by atomic mass is 10.2. The first-order chi connectivity index (χ1) is 5.52. The lowest BCUT2D eigenvalue weighted by Crippen LogP contribution is -2.11. The van der Waals surface area contributed by atoms with Crippen LogP contribution in [0.15, 0.2) is 12.1 Å². The van der Waals surface area contributed by atoms with Gasteiger partial charge < -0.3 is 10.8 Å². The van der Waals surface area contributed by atoms with E-state index in [4.69, 9.17) is 34.0 Å². The number of amides is 1. The first-order valence-electron chi connectivity index (χ1n) is 3.00. The van der Waals surface area contributed by atoms with Crippen molar-refractivity contribution in [1.82, 2.24) is 0 Å². The average Bonchev–Trinajstić information content (AvgIpc) is 1.96. The van der Waals surface area contributed by atoms with Crippen LogP contribution in [0.3, 0.4) is 0 Å². The van der Waals surface area contributed by atoms with Crippen LogP contribution in [0.2, 0.25) is 10.0 Å². The van der Waals surface area contributed by atoms with Gasteiger partial charge in [-0.2, -0.15) is 0 Å². The molecule has 0 aliphatic rings. The third kappa shape index (κ3) is 1.62. The summed E-state index contributed by atoms with van der Waals surface area (Å²) in [5.74, 6) is -0.865. The van der Waals surface area contributed by atoms with Gasteiger partial charge in [-0.1, -0.05) is 23.2 Å². The summed E-state index contributed by atoms with van der Waals surface area (Å²) in [5, 5.41) is 9.18. The van der Waals surface area contributed by atoms with Gasteiger partial charge in [-0.15, -0.1) is 0 Å². The Labute approximate surface area is 78.7 Å². The largest absolute Gasteiger partial charge is 0.508 e. The summed E-state index contributed by atoms with van der Waals surface area (Å²) >= 11 is 11.2. The molecule has 0 aliphatic heterocycles. The summed E-state index contributed by atoms with van der Waals surface area (Å²) in [4.78, 5) is 10.7. The Bertz CT molecular complexity index is 338. The number of phenolic OH excluding ortho intramolecular Hbond substituents is 1. The highest BCUT2D eigenvalue weighted by Gasteiger charge is 2.11. The van der Waals surface area contributed by atoms with Crippen LogP contribution in [0.1, 0.15) is 10.4 Å². The van der Waals surface area contributed by atoms with E-state index in [1.54, 1.807) is 0 Å². The molecule has 0 bridgehead atoms. The summed E-state index contributed by atoms with van der Waals surface area (Å²) in [6.45, 7) is 0. The molecule has 0 heterocycles. The fourth-order valence-corrected chi connectivity index (χ4v) is 1.17. The maximum atomic E-state index is 10.7. The molecular formula is C7H5Cl2NO2. The zero-order chi connectivity index (χ0) is 9.30. The van der Waals surface area contributed by atoms with E-state index in [1.807, 2.05) is 0 Å². The fourth-order valence-electron chi connectivity index (χ4n) is 0.754. The van der Waals surface area contributed by atoms with Crippen molar-refractivity contribution in [1.29, 1.82) is 0 Å². The molecule has 0 aromatic heterocycles. The molecule has 0 fully saturated rings. The van der Waals surface area contributed by atoms with Crippen molar-refractivity contribution in [2.45, 2.75) is 0 Å². The molecule has 0 atom stereocenters. The van der Waals surface area contributed by atoms with E-state index < -0.39 is 5.91 Å². The number of hydrogen-bond donors (Lipinski definition) is 2. The number of hydrogen-bond acceptors (Lipinski definition) is 2. The lowest BCUT2D eigenvalue weighted by molar-refractivity contribution is 0.1000. The predicted molar refractivity (Wildman–Crippen MR) is 46.6 cm³/mol. The Morgan fingerprint density at radius 3 is 2.50 bits per heavy atom. The molecule has 12 heavy (non-hydrogen) atoms. The zero-order valence-electron chi connectivity index (χ0n) is 5.84. The SMILES string of the molecule is NC(=O)c1cc(O)cc(Cl)c1Cl. The molecular weight excluding hydrogens is 201 g/mol. The molecule has 0 radical (unpaired) electrons. The van der Waals surface area contributed by atoms with Crippen LogP contribution in [0.5, 0.6) is 5.75 Å². The van der Waals surface area contributed by atoms with E-state index in [-0.39, 0.29) is 21.4 Å². The van der Waals surface area contributed by atoms with Crippen molar-refractivity contribution in [2.75, 3.05) is 0 Å². The molecule has 5 heteroatoms. The minimum Gasteiger partial charge on any atom is -0.508 e. The maximum absolute atomic E-state index is 10.7. The van der Waals surface area contributed by atoms with Crippen LogP contribution in [-0.4, -0.2) is 11.0 Å². The van der Waals surface area contributed by atoms with E-state index in [0.717, 1.165) is 6.07 Å². The number of carbonyl (C=O) groups is 1. The summed E-state index contributed by atoms with van der Waals surface area (Å²) in [6, 6.07) is 2.40. The van der Waals surface area contributed by atoms with Crippen LogP contribution in [0.4, 0.5) is 0 Å². The Balaban J connectivity index is 3.37. The second-order valence-corrected chi connectivity index (χ2v) is 2.94. The van der Waals surface area contributed by atoms with Gasteiger partial charge in [0.1, 0.15) is 5.75 Å². The van der Waals surface area contributed by atoms with Gasteiger partial charge in [-0.3, -0.25) is 4.79 Å². The number of primary amides is 1. The van der Waals surface area contributed by atoms with Gasteiger partial charge in [0.05, 0.1) is 15.6 Å². The predicted octanol–water partition coefficient (Wildman–Crippen LogP) is 1.80. The molecule has 0 unspecified atom stereocenters. The van der Waals surface area contributed by atoms with E-state index in [9.17, 15) is 4.79 Å². The van der Waals surface area contributed by atoms with Gasteiger partial charge >= 0.3 is 0 Å². The molecule has 3 N–H and O–H groups in total. The van der Waals surface area contributed by atoms with E-state index in [1.165, 1.54) is 6.07 Å². The van der Waals surface area contributed by atoms with Crippen LogP contribution < -0.4 is 5.73 Å². The number of rotatable bonds is 1. The Hall–Kier alpha value is -0.930. The summed E-state index contributed by atoms with van der Waals surface area (Å²) in [6.07, 6.45) is 0. The number of halogens is 2. The highest BCUT2D eigenvalue weighted by atomic mass is 35.5. The van der Waals surface area contributed by atoms with Gasteiger partial charge in [0.15, 0.2) is 0 Å². The smallest absolute Gasteiger partial charge is 0.250 e. The summed E-state index contributed by atoms with van der Waals surface area (Å²) in [5.41, 5.74) is 4.97. The molecule has 0 spiro atoms. The fraction of sp³-hybridized carbons (Fsp3) is 0. The number of aromatic hydroxyl groups is 1. The number of nitrogens with two attached hydrogens (primary N) is 1. The third-order valence-corrected chi connectivity index (χ3v) is 2.08.